The van der Waals surface area contributed by atoms with Crippen LogP contribution in [0.1, 0.15) is 27.7 Å². The molecule has 0 heterocycles. The molecular formula is C10H18O2-2. The van der Waals surface area contributed by atoms with Gasteiger partial charge < -0.3 is 10.2 Å². The molecular weight excluding hydrogens is 152 g/mol. The fraction of sp³-hybridized carbons (Fsp3) is 1.00. The van der Waals surface area contributed by atoms with Crippen LogP contribution in [-0.4, -0.2) is 12.2 Å². The van der Waals surface area contributed by atoms with Gasteiger partial charge in [-0.15, -0.1) is 12.2 Å². The summed E-state index contributed by atoms with van der Waals surface area (Å²) in [6.45, 7) is 7.88. The van der Waals surface area contributed by atoms with Gasteiger partial charge in [-0.3, -0.25) is 0 Å². The van der Waals surface area contributed by atoms with E-state index in [1.54, 1.807) is 0 Å². The molecule has 0 bridgehead atoms. The predicted octanol–water partition coefficient (Wildman–Crippen LogP) is 0.00220. The molecule has 1 fully saturated rings. The Morgan fingerprint density at radius 2 is 1.00 bits per heavy atom. The highest BCUT2D eigenvalue weighted by Gasteiger charge is 2.39. The van der Waals surface area contributed by atoms with Crippen molar-refractivity contribution in [1.82, 2.24) is 0 Å². The van der Waals surface area contributed by atoms with E-state index in [4.69, 9.17) is 0 Å². The van der Waals surface area contributed by atoms with Crippen LogP contribution in [0.25, 0.3) is 0 Å². The lowest BCUT2D eigenvalue weighted by atomic mass is 9.60. The standard InChI is InChI=1S/C10H18O2/c1-5(2)7-9(11)8(6(3)4)10(7)12/h5-10H,1-4H3/q-2. The molecule has 0 aromatic rings. The van der Waals surface area contributed by atoms with Gasteiger partial charge in [0.25, 0.3) is 0 Å². The zero-order valence-corrected chi connectivity index (χ0v) is 8.28. The highest BCUT2D eigenvalue weighted by Crippen LogP contribution is 2.40. The average molecular weight is 170 g/mol. The first-order valence-electron chi connectivity index (χ1n) is 4.78. The van der Waals surface area contributed by atoms with Gasteiger partial charge in [-0.1, -0.05) is 39.5 Å². The summed E-state index contributed by atoms with van der Waals surface area (Å²) in [5, 5.41) is 23.1. The molecule has 2 nitrogen and oxygen atoms in total. The maximum atomic E-state index is 11.5. The number of hydrogen-bond acceptors (Lipinski definition) is 2. The summed E-state index contributed by atoms with van der Waals surface area (Å²) in [6.07, 6.45) is -1.21. The summed E-state index contributed by atoms with van der Waals surface area (Å²) in [6, 6.07) is 0. The second-order valence-corrected chi connectivity index (χ2v) is 4.57. The first-order chi connectivity index (χ1) is 5.46. The maximum absolute atomic E-state index is 11.5. The van der Waals surface area contributed by atoms with E-state index in [-0.39, 0.29) is 23.7 Å². The molecule has 12 heavy (non-hydrogen) atoms. The SMILES string of the molecule is CC(C)C1C([O-])C(C(C)C)C1[O-]. The Kier molecular flexibility index (Phi) is 2.79. The fourth-order valence-electron chi connectivity index (χ4n) is 2.26. The Balaban J connectivity index is 2.56. The van der Waals surface area contributed by atoms with Crippen molar-refractivity contribution in [1.29, 1.82) is 0 Å². The second-order valence-electron chi connectivity index (χ2n) is 4.57. The second kappa shape index (κ2) is 3.35. The third-order valence-electron chi connectivity index (χ3n) is 3.06. The van der Waals surface area contributed by atoms with Crippen LogP contribution in [0, 0.1) is 23.7 Å². The van der Waals surface area contributed by atoms with E-state index in [0.717, 1.165) is 0 Å². The molecule has 0 N–H and O–H groups in total. The first-order valence-corrected chi connectivity index (χ1v) is 4.78. The lowest BCUT2D eigenvalue weighted by Crippen LogP contribution is -2.69. The summed E-state index contributed by atoms with van der Waals surface area (Å²) in [7, 11) is 0. The largest absolute Gasteiger partial charge is 0.852 e. The highest BCUT2D eigenvalue weighted by molar-refractivity contribution is 4.98. The molecule has 1 aliphatic rings. The molecule has 0 spiro atoms. The molecule has 0 unspecified atom stereocenters. The highest BCUT2D eigenvalue weighted by atomic mass is 16.3. The van der Waals surface area contributed by atoms with Crippen molar-refractivity contribution in [3.63, 3.8) is 0 Å². The van der Waals surface area contributed by atoms with Crippen LogP contribution in [0.3, 0.4) is 0 Å². The van der Waals surface area contributed by atoms with Crippen LogP contribution in [0.5, 0.6) is 0 Å². The van der Waals surface area contributed by atoms with E-state index in [2.05, 4.69) is 0 Å². The minimum absolute atomic E-state index is 0.127. The van der Waals surface area contributed by atoms with Gasteiger partial charge in [-0.2, -0.15) is 0 Å². The van der Waals surface area contributed by atoms with Crippen LogP contribution in [0.4, 0.5) is 0 Å². The molecule has 1 saturated carbocycles. The van der Waals surface area contributed by atoms with E-state index in [9.17, 15) is 10.2 Å². The Labute approximate surface area is 74.6 Å². The normalized spacial score (nSPS) is 42.0. The van der Waals surface area contributed by atoms with Gasteiger partial charge in [0.05, 0.1) is 0 Å². The molecule has 0 aliphatic heterocycles. The predicted molar refractivity (Wildman–Crippen MR) is 44.2 cm³/mol. The number of rotatable bonds is 2. The van der Waals surface area contributed by atoms with Crippen molar-refractivity contribution in [2.24, 2.45) is 23.7 Å². The molecule has 1 rings (SSSR count). The molecule has 0 aromatic heterocycles. The Bertz CT molecular complexity index is 128. The topological polar surface area (TPSA) is 46.1 Å². The molecule has 0 saturated heterocycles. The van der Waals surface area contributed by atoms with Crippen molar-refractivity contribution in [3.8, 4) is 0 Å². The van der Waals surface area contributed by atoms with E-state index in [0.29, 0.717) is 0 Å². The smallest absolute Gasteiger partial charge is 0.0463 e. The maximum Gasteiger partial charge on any atom is -0.0463 e. The van der Waals surface area contributed by atoms with Gasteiger partial charge in [0.1, 0.15) is 0 Å². The van der Waals surface area contributed by atoms with E-state index >= 15 is 0 Å². The lowest BCUT2D eigenvalue weighted by Gasteiger charge is -2.64. The monoisotopic (exact) mass is 170 g/mol. The third-order valence-corrected chi connectivity index (χ3v) is 3.06. The summed E-state index contributed by atoms with van der Waals surface area (Å²) < 4.78 is 0. The zero-order valence-electron chi connectivity index (χ0n) is 8.28. The van der Waals surface area contributed by atoms with Crippen LogP contribution >= 0.6 is 0 Å². The molecule has 0 aromatic carbocycles. The van der Waals surface area contributed by atoms with Crippen molar-refractivity contribution in [3.05, 3.63) is 0 Å². The van der Waals surface area contributed by atoms with Crippen molar-refractivity contribution < 1.29 is 10.2 Å². The van der Waals surface area contributed by atoms with Crippen molar-refractivity contribution in [2.45, 2.75) is 39.9 Å². The van der Waals surface area contributed by atoms with Gasteiger partial charge in [0.15, 0.2) is 0 Å². The van der Waals surface area contributed by atoms with E-state index < -0.39 is 12.2 Å². The van der Waals surface area contributed by atoms with Crippen LogP contribution in [0.2, 0.25) is 0 Å². The van der Waals surface area contributed by atoms with Crippen LogP contribution < -0.4 is 10.2 Å². The molecule has 2 heteroatoms. The van der Waals surface area contributed by atoms with Gasteiger partial charge in [-0.25, -0.2) is 0 Å². The molecule has 72 valence electrons. The Morgan fingerprint density at radius 1 is 0.750 bits per heavy atom. The van der Waals surface area contributed by atoms with E-state index in [1.807, 2.05) is 27.7 Å². The molecule has 1 aliphatic carbocycles. The van der Waals surface area contributed by atoms with Gasteiger partial charge in [0, 0.05) is 0 Å². The van der Waals surface area contributed by atoms with Crippen LogP contribution in [-0.2, 0) is 0 Å². The summed E-state index contributed by atoms with van der Waals surface area (Å²) in [5.41, 5.74) is 0. The Morgan fingerprint density at radius 3 is 1.17 bits per heavy atom. The zero-order chi connectivity index (χ0) is 9.46. The molecule has 0 amide bonds. The molecule has 0 atom stereocenters. The third kappa shape index (κ3) is 1.38. The fourth-order valence-corrected chi connectivity index (χ4v) is 2.26. The summed E-state index contributed by atoms with van der Waals surface area (Å²) in [5.74, 6) is 0.254. The van der Waals surface area contributed by atoms with Gasteiger partial charge in [-0.05, 0) is 11.8 Å². The lowest BCUT2D eigenvalue weighted by molar-refractivity contribution is -0.570. The minimum Gasteiger partial charge on any atom is -0.852 e. The van der Waals surface area contributed by atoms with E-state index in [1.165, 1.54) is 0 Å². The van der Waals surface area contributed by atoms with Crippen molar-refractivity contribution >= 4 is 0 Å². The van der Waals surface area contributed by atoms with Crippen LogP contribution in [0.15, 0.2) is 0 Å². The van der Waals surface area contributed by atoms with Gasteiger partial charge >= 0.3 is 0 Å². The average Bonchev–Trinajstić information content (AvgIpc) is 1.84. The van der Waals surface area contributed by atoms with Gasteiger partial charge in [0.2, 0.25) is 0 Å². The quantitative estimate of drug-likeness (QED) is 0.585. The van der Waals surface area contributed by atoms with Crippen molar-refractivity contribution in [2.75, 3.05) is 0 Å². The molecule has 0 radical (unpaired) electrons. The number of hydrogen-bond donors (Lipinski definition) is 0. The first kappa shape index (κ1) is 10.0. The summed E-state index contributed by atoms with van der Waals surface area (Å²) >= 11 is 0. The Hall–Kier alpha value is -0.0800. The minimum atomic E-state index is -0.604. The summed E-state index contributed by atoms with van der Waals surface area (Å²) in [4.78, 5) is 0.